The second kappa shape index (κ2) is 13.8. The molecular formula is C30H34Cl2N3NaO4. The first-order chi connectivity index (χ1) is 18.5. The normalized spacial score (nSPS) is 21.2. The van der Waals surface area contributed by atoms with Crippen molar-refractivity contribution in [1.29, 1.82) is 0 Å². The maximum atomic E-state index is 14.1. The summed E-state index contributed by atoms with van der Waals surface area (Å²) in [7, 11) is 0. The van der Waals surface area contributed by atoms with E-state index in [9.17, 15) is 19.5 Å². The fourth-order valence-corrected chi connectivity index (χ4v) is 6.38. The van der Waals surface area contributed by atoms with Crippen LogP contribution in [0, 0.1) is 11.8 Å². The van der Waals surface area contributed by atoms with Crippen LogP contribution < -0.4 is 40.0 Å². The van der Waals surface area contributed by atoms with E-state index in [0.29, 0.717) is 45.1 Å². The summed E-state index contributed by atoms with van der Waals surface area (Å²) >= 11 is 12.6. The van der Waals surface area contributed by atoms with Crippen LogP contribution in [-0.2, 0) is 9.59 Å². The van der Waals surface area contributed by atoms with Crippen LogP contribution in [0.15, 0.2) is 47.5 Å². The maximum absolute atomic E-state index is 14.1. The van der Waals surface area contributed by atoms with Gasteiger partial charge >= 0.3 is 29.6 Å². The van der Waals surface area contributed by atoms with Crippen molar-refractivity contribution in [3.05, 3.63) is 69.2 Å². The number of nitrogens with zero attached hydrogens (tertiary/aromatic N) is 2. The van der Waals surface area contributed by atoms with E-state index in [0.717, 1.165) is 31.2 Å². The summed E-state index contributed by atoms with van der Waals surface area (Å²) in [5.74, 6) is -0.574. The average molecular weight is 595 g/mol. The van der Waals surface area contributed by atoms with Crippen LogP contribution in [0.3, 0.4) is 0 Å². The number of carbonyl (C=O) groups is 3. The third kappa shape index (κ3) is 7.11. The van der Waals surface area contributed by atoms with Crippen LogP contribution in [-0.4, -0.2) is 40.6 Å². The van der Waals surface area contributed by atoms with Crippen molar-refractivity contribution < 1.29 is 49.0 Å². The van der Waals surface area contributed by atoms with E-state index in [-0.39, 0.29) is 60.4 Å². The molecule has 1 spiro atoms. The van der Waals surface area contributed by atoms with Gasteiger partial charge in [0.25, 0.3) is 11.8 Å². The number of hydrogen-bond donors (Lipinski definition) is 1. The standard InChI is InChI=1S/C30H35Cl2N3O4.Na/c1-4-25(20-5-7-21(8-6-20)28(38)33-14-11-26(36)37)35-29(39)27(22-15-23(31)17-24(32)16-22)34-30(35)12-9-19(10-13-30)18(2)3;/h5-8,15-19,25H,4,9-14H2,1-3H3,(H,33,38)(H,36,37);/q;+1/p-1/t19?,25-,30?;/m1./s1. The summed E-state index contributed by atoms with van der Waals surface area (Å²) in [6, 6.07) is 12.0. The van der Waals surface area contributed by atoms with Gasteiger partial charge in [-0.15, -0.1) is 0 Å². The molecule has 1 N–H and O–H groups in total. The topological polar surface area (TPSA) is 102 Å². The predicted molar refractivity (Wildman–Crippen MR) is 151 cm³/mol. The van der Waals surface area contributed by atoms with Crippen molar-refractivity contribution in [1.82, 2.24) is 10.2 Å². The molecule has 0 radical (unpaired) electrons. The fraction of sp³-hybridized carbons (Fsp3) is 0.467. The minimum absolute atomic E-state index is 0. The molecule has 1 fully saturated rings. The minimum Gasteiger partial charge on any atom is -0.550 e. The van der Waals surface area contributed by atoms with E-state index in [2.05, 4.69) is 19.2 Å². The average Bonchev–Trinajstić information content (AvgIpc) is 3.16. The summed E-state index contributed by atoms with van der Waals surface area (Å²) in [4.78, 5) is 44.3. The molecule has 0 aromatic heterocycles. The van der Waals surface area contributed by atoms with E-state index in [1.165, 1.54) is 0 Å². The van der Waals surface area contributed by atoms with Crippen molar-refractivity contribution in [2.24, 2.45) is 16.8 Å². The first kappa shape index (κ1) is 32.6. The molecular weight excluding hydrogens is 560 g/mol. The van der Waals surface area contributed by atoms with Crippen LogP contribution in [0.25, 0.3) is 0 Å². The fourth-order valence-electron chi connectivity index (χ4n) is 5.85. The first-order valence-corrected chi connectivity index (χ1v) is 14.3. The molecule has 10 heteroatoms. The molecule has 0 bridgehead atoms. The molecule has 0 saturated heterocycles. The van der Waals surface area contributed by atoms with Gasteiger partial charge in [0.1, 0.15) is 11.4 Å². The second-order valence-electron chi connectivity index (χ2n) is 10.8. The monoisotopic (exact) mass is 593 g/mol. The molecule has 4 rings (SSSR count). The summed E-state index contributed by atoms with van der Waals surface area (Å²) in [5, 5.41) is 14.1. The number of halogens is 2. The number of carboxylic acids is 1. The van der Waals surface area contributed by atoms with Crippen LogP contribution in [0.1, 0.15) is 86.8 Å². The molecule has 1 aliphatic heterocycles. The van der Waals surface area contributed by atoms with Crippen LogP contribution in [0.2, 0.25) is 10.0 Å². The number of carbonyl (C=O) groups excluding carboxylic acids is 3. The van der Waals surface area contributed by atoms with Gasteiger partial charge in [0.2, 0.25) is 0 Å². The Kier molecular flexibility index (Phi) is 11.3. The van der Waals surface area contributed by atoms with E-state index < -0.39 is 11.6 Å². The summed E-state index contributed by atoms with van der Waals surface area (Å²) in [5.41, 5.74) is 1.66. The number of aliphatic carboxylic acids is 1. The van der Waals surface area contributed by atoms with Gasteiger partial charge in [-0.05, 0) is 79.8 Å². The Bertz CT molecular complexity index is 1250. The number of rotatable bonds is 9. The van der Waals surface area contributed by atoms with E-state index in [1.54, 1.807) is 30.3 Å². The van der Waals surface area contributed by atoms with Crippen LogP contribution in [0.5, 0.6) is 0 Å². The number of hydrogen-bond acceptors (Lipinski definition) is 5. The molecule has 2 aliphatic rings. The molecule has 7 nitrogen and oxygen atoms in total. The maximum Gasteiger partial charge on any atom is 1.00 e. The third-order valence-corrected chi connectivity index (χ3v) is 8.41. The quantitative estimate of drug-likeness (QED) is 0.450. The van der Waals surface area contributed by atoms with E-state index >= 15 is 0 Å². The molecule has 208 valence electrons. The largest absolute Gasteiger partial charge is 1.00 e. The van der Waals surface area contributed by atoms with Gasteiger partial charge in [0, 0.05) is 40.1 Å². The number of amides is 2. The van der Waals surface area contributed by atoms with Gasteiger partial charge in [-0.1, -0.05) is 56.1 Å². The van der Waals surface area contributed by atoms with Crippen LogP contribution in [0.4, 0.5) is 0 Å². The smallest absolute Gasteiger partial charge is 0.550 e. The molecule has 2 aromatic carbocycles. The van der Waals surface area contributed by atoms with Crippen molar-refractivity contribution >= 4 is 46.7 Å². The Labute approximate surface area is 268 Å². The van der Waals surface area contributed by atoms with Crippen LogP contribution >= 0.6 is 23.2 Å². The van der Waals surface area contributed by atoms with E-state index in [1.807, 2.05) is 24.0 Å². The molecule has 1 heterocycles. The number of aliphatic imine (C=N–C) groups is 1. The van der Waals surface area contributed by atoms with E-state index in [4.69, 9.17) is 28.2 Å². The van der Waals surface area contributed by atoms with Gasteiger partial charge in [-0.3, -0.25) is 14.6 Å². The van der Waals surface area contributed by atoms with Gasteiger partial charge in [0.15, 0.2) is 0 Å². The Balaban J connectivity index is 0.00000441. The zero-order chi connectivity index (χ0) is 28.3. The molecule has 1 saturated carbocycles. The zero-order valence-corrected chi connectivity index (χ0v) is 27.0. The minimum atomic E-state index is -1.22. The number of nitrogens with one attached hydrogen (secondary N) is 1. The van der Waals surface area contributed by atoms with Gasteiger partial charge in [-0.25, -0.2) is 0 Å². The summed E-state index contributed by atoms with van der Waals surface area (Å²) < 4.78 is 0. The molecule has 1 aliphatic carbocycles. The number of carboxylic acid groups (broad SMARTS) is 1. The summed E-state index contributed by atoms with van der Waals surface area (Å²) in [6.07, 6.45) is 3.92. The Hall–Kier alpha value is -1.90. The Morgan fingerprint density at radius 3 is 2.23 bits per heavy atom. The zero-order valence-electron chi connectivity index (χ0n) is 23.5. The molecule has 0 unspecified atom stereocenters. The van der Waals surface area contributed by atoms with Crippen molar-refractivity contribution in [2.45, 2.75) is 71.0 Å². The SMILES string of the molecule is CC[C@H](c1ccc(C(=O)NCCC(=O)[O-])cc1)N1C(=O)C(c2cc(Cl)cc(Cl)c2)=NC12CCC(C(C)C)CC2.[Na+]. The van der Waals surface area contributed by atoms with Gasteiger partial charge in [-0.2, -0.15) is 0 Å². The van der Waals surface area contributed by atoms with Crippen molar-refractivity contribution in [2.75, 3.05) is 6.54 Å². The summed E-state index contributed by atoms with van der Waals surface area (Å²) in [6.45, 7) is 6.53. The van der Waals surface area contributed by atoms with Crippen molar-refractivity contribution in [3.8, 4) is 0 Å². The first-order valence-electron chi connectivity index (χ1n) is 13.5. The van der Waals surface area contributed by atoms with Gasteiger partial charge in [0.05, 0.1) is 6.04 Å². The predicted octanol–water partition coefficient (Wildman–Crippen LogP) is 2.19. The second-order valence-corrected chi connectivity index (χ2v) is 11.7. The third-order valence-electron chi connectivity index (χ3n) is 7.97. The number of benzene rings is 2. The Morgan fingerprint density at radius 2 is 1.70 bits per heavy atom. The Morgan fingerprint density at radius 1 is 1.10 bits per heavy atom. The molecule has 2 aromatic rings. The molecule has 2 amide bonds. The van der Waals surface area contributed by atoms with Crippen molar-refractivity contribution in [3.63, 3.8) is 0 Å². The van der Waals surface area contributed by atoms with Gasteiger partial charge < -0.3 is 20.1 Å². The molecule has 1 atom stereocenters. The molecule has 40 heavy (non-hydrogen) atoms.